The van der Waals surface area contributed by atoms with Gasteiger partial charge in [0.2, 0.25) is 0 Å². The molecule has 8 rings (SSSR count). The minimum atomic E-state index is -0.391. The predicted molar refractivity (Wildman–Crippen MR) is 119 cm³/mol. The van der Waals surface area contributed by atoms with E-state index in [1.165, 1.54) is 56.3 Å². The molecule has 5 fully saturated rings. The molecule has 5 aliphatic carbocycles. The van der Waals surface area contributed by atoms with E-state index >= 15 is 0 Å². The van der Waals surface area contributed by atoms with Crippen LogP contribution in [0.1, 0.15) is 68.6 Å². The number of nitrogens with zero attached hydrogens (tertiary/aromatic N) is 1. The molecule has 0 aromatic heterocycles. The highest BCUT2D eigenvalue weighted by molar-refractivity contribution is 5.60. The lowest BCUT2D eigenvalue weighted by atomic mass is 9.40. The van der Waals surface area contributed by atoms with Crippen LogP contribution in [0.3, 0.4) is 0 Å². The Balaban J connectivity index is 1.50. The summed E-state index contributed by atoms with van der Waals surface area (Å²) < 4.78 is 13.6. The molecular weight excluding hydrogens is 386 g/mol. The Morgan fingerprint density at radius 1 is 1.26 bits per heavy atom. The predicted octanol–water partition coefficient (Wildman–Crippen LogP) is 3.99. The van der Waals surface area contributed by atoms with Gasteiger partial charge in [-0.05, 0) is 88.8 Å². The van der Waals surface area contributed by atoms with Crippen LogP contribution >= 0.6 is 0 Å². The molecule has 168 valence electrons. The first kappa shape index (κ1) is 19.4. The third-order valence-corrected chi connectivity index (χ3v) is 10.7. The van der Waals surface area contributed by atoms with E-state index in [2.05, 4.69) is 24.0 Å². The Morgan fingerprint density at radius 3 is 2.84 bits per heavy atom. The molecule has 7 atom stereocenters. The van der Waals surface area contributed by atoms with Gasteiger partial charge in [0, 0.05) is 42.0 Å². The minimum absolute atomic E-state index is 0.0292. The molecule has 1 N–H and O–H groups in total. The molecule has 1 aromatic carbocycles. The molecule has 4 saturated carbocycles. The van der Waals surface area contributed by atoms with Gasteiger partial charge in [-0.1, -0.05) is 12.1 Å². The number of aliphatic hydroxyl groups is 1. The van der Waals surface area contributed by atoms with Crippen LogP contribution in [0.25, 0.3) is 0 Å². The van der Waals surface area contributed by atoms with Crippen molar-refractivity contribution in [1.82, 2.24) is 4.90 Å². The van der Waals surface area contributed by atoms with Gasteiger partial charge >= 0.3 is 0 Å². The summed E-state index contributed by atoms with van der Waals surface area (Å²) in [7, 11) is 1.88. The Morgan fingerprint density at radius 2 is 2.10 bits per heavy atom. The van der Waals surface area contributed by atoms with Gasteiger partial charge in [0.05, 0.1) is 6.10 Å². The molecule has 4 heteroatoms. The molecule has 31 heavy (non-hydrogen) atoms. The smallest absolute Gasteiger partial charge is 0.138 e. The van der Waals surface area contributed by atoms with Gasteiger partial charge in [0.15, 0.2) is 0 Å². The first-order valence-corrected chi connectivity index (χ1v) is 12.7. The second-order valence-electron chi connectivity index (χ2n) is 11.8. The number of methoxy groups -OCH3 is 1. The quantitative estimate of drug-likeness (QED) is 0.795. The Hall–Kier alpha value is -1.10. The molecule has 2 heterocycles. The number of ether oxygens (including phenoxy) is 2. The van der Waals surface area contributed by atoms with E-state index in [0.717, 1.165) is 30.9 Å². The third kappa shape index (κ3) is 2.10. The van der Waals surface area contributed by atoms with E-state index in [4.69, 9.17) is 9.47 Å². The zero-order valence-electron chi connectivity index (χ0n) is 19.3. The highest BCUT2D eigenvalue weighted by Crippen LogP contribution is 2.75. The molecular formula is C27H37NO3. The molecule has 1 saturated heterocycles. The van der Waals surface area contributed by atoms with Gasteiger partial charge in [-0.15, -0.1) is 0 Å². The number of hydrogen-bond acceptors (Lipinski definition) is 4. The van der Waals surface area contributed by atoms with Gasteiger partial charge in [0.1, 0.15) is 17.5 Å². The van der Waals surface area contributed by atoms with Gasteiger partial charge in [-0.25, -0.2) is 0 Å². The Labute approximate surface area is 186 Å². The fourth-order valence-electron chi connectivity index (χ4n) is 9.43. The molecule has 0 radical (unpaired) electrons. The number of fused-ring (bicyclic) bond motifs is 3. The minimum Gasteiger partial charge on any atom is -0.486 e. The zero-order chi connectivity index (χ0) is 21.2. The molecule has 2 aliphatic heterocycles. The van der Waals surface area contributed by atoms with Crippen LogP contribution in [0.4, 0.5) is 0 Å². The number of hydrogen-bond donors (Lipinski definition) is 1. The fraction of sp³-hybridized carbons (Fsp3) is 0.778. The topological polar surface area (TPSA) is 41.9 Å². The van der Waals surface area contributed by atoms with E-state index in [0.29, 0.717) is 6.04 Å². The fourth-order valence-corrected chi connectivity index (χ4v) is 9.43. The third-order valence-electron chi connectivity index (χ3n) is 10.7. The largest absolute Gasteiger partial charge is 0.486 e. The van der Waals surface area contributed by atoms with Gasteiger partial charge in [-0.2, -0.15) is 0 Å². The number of benzene rings is 1. The highest BCUT2D eigenvalue weighted by atomic mass is 16.6. The molecule has 2 spiro atoms. The van der Waals surface area contributed by atoms with Crippen LogP contribution in [0.5, 0.6) is 5.75 Å². The summed E-state index contributed by atoms with van der Waals surface area (Å²) in [6.45, 7) is 6.67. The summed E-state index contributed by atoms with van der Waals surface area (Å²) in [4.78, 5) is 2.88. The zero-order valence-corrected chi connectivity index (χ0v) is 19.3. The normalized spacial score (nSPS) is 45.7. The number of piperidine rings is 1. The Kier molecular flexibility index (Phi) is 3.79. The molecule has 7 aliphatic rings. The maximum atomic E-state index is 11.1. The molecule has 1 aromatic rings. The lowest BCUT2D eigenvalue weighted by Crippen LogP contribution is -2.77. The SMILES string of the molecule is CO[C@]12CCC[C@@]3(C[C@@H]1[C@@H](C)O)[C@H]1Cc4ccc(C)c5c4[C@@]3(CCN1CC1CC1)C2O5. The lowest BCUT2D eigenvalue weighted by molar-refractivity contribution is -0.239. The van der Waals surface area contributed by atoms with Gasteiger partial charge in [-0.3, -0.25) is 4.90 Å². The van der Waals surface area contributed by atoms with E-state index < -0.39 is 5.60 Å². The van der Waals surface area contributed by atoms with Crippen molar-refractivity contribution in [3.8, 4) is 5.75 Å². The van der Waals surface area contributed by atoms with Crippen molar-refractivity contribution in [1.29, 1.82) is 0 Å². The number of aryl methyl sites for hydroxylation is 1. The van der Waals surface area contributed by atoms with Crippen molar-refractivity contribution in [3.63, 3.8) is 0 Å². The van der Waals surface area contributed by atoms with Crippen LogP contribution in [-0.2, 0) is 16.6 Å². The van der Waals surface area contributed by atoms with E-state index in [1.807, 2.05) is 14.0 Å². The average Bonchev–Trinajstić information content (AvgIpc) is 3.53. The summed E-state index contributed by atoms with van der Waals surface area (Å²) in [6, 6.07) is 5.26. The number of likely N-dealkylation sites (tertiary alicyclic amines) is 1. The summed E-state index contributed by atoms with van der Waals surface area (Å²) in [5.74, 6) is 2.21. The van der Waals surface area contributed by atoms with Crippen molar-refractivity contribution >= 4 is 0 Å². The summed E-state index contributed by atoms with van der Waals surface area (Å²) in [6.07, 6.45) is 9.33. The second kappa shape index (κ2) is 6.07. The van der Waals surface area contributed by atoms with Gasteiger partial charge < -0.3 is 14.6 Å². The second-order valence-corrected chi connectivity index (χ2v) is 11.8. The lowest BCUT2D eigenvalue weighted by Gasteiger charge is -2.69. The maximum Gasteiger partial charge on any atom is 0.138 e. The van der Waals surface area contributed by atoms with Crippen LogP contribution in [0.2, 0.25) is 0 Å². The van der Waals surface area contributed by atoms with Gasteiger partial charge in [0.25, 0.3) is 0 Å². The number of aliphatic hydroxyl groups excluding tert-OH is 1. The molecule has 1 unspecified atom stereocenters. The van der Waals surface area contributed by atoms with Crippen LogP contribution < -0.4 is 4.74 Å². The summed E-state index contributed by atoms with van der Waals surface area (Å²) in [5, 5.41) is 11.1. The van der Waals surface area contributed by atoms with Crippen molar-refractivity contribution in [3.05, 3.63) is 28.8 Å². The van der Waals surface area contributed by atoms with Crippen molar-refractivity contribution < 1.29 is 14.6 Å². The van der Waals surface area contributed by atoms with E-state index in [9.17, 15) is 5.11 Å². The summed E-state index contributed by atoms with van der Waals surface area (Å²) in [5.41, 5.74) is 4.20. The monoisotopic (exact) mass is 423 g/mol. The summed E-state index contributed by atoms with van der Waals surface area (Å²) >= 11 is 0. The average molecular weight is 424 g/mol. The Bertz CT molecular complexity index is 941. The van der Waals surface area contributed by atoms with E-state index in [1.54, 1.807) is 5.56 Å². The van der Waals surface area contributed by atoms with Crippen LogP contribution in [0, 0.1) is 24.2 Å². The van der Waals surface area contributed by atoms with Crippen LogP contribution in [-0.4, -0.2) is 54.1 Å². The molecule has 0 amide bonds. The van der Waals surface area contributed by atoms with Crippen LogP contribution in [0.15, 0.2) is 12.1 Å². The van der Waals surface area contributed by atoms with Crippen molar-refractivity contribution in [2.45, 2.75) is 94.5 Å². The molecule has 4 bridgehead atoms. The molecule has 4 nitrogen and oxygen atoms in total. The number of rotatable bonds is 4. The first-order valence-electron chi connectivity index (χ1n) is 12.7. The standard InChI is InChI=1S/C27H37NO3/c1-16-5-8-19-13-21-25-9-4-10-27(30-3,20(14-25)17(2)29)24-26(25,22(19)23(16)31-24)11-12-28(21)15-18-6-7-18/h5,8,17-18,20-21,24,29H,4,6-7,9-15H2,1-3H3/t17-,20-,21-,24?,25-,26+,27-/m1/s1. The van der Waals surface area contributed by atoms with Crippen molar-refractivity contribution in [2.75, 3.05) is 20.2 Å². The maximum absolute atomic E-state index is 11.1. The van der Waals surface area contributed by atoms with E-state index in [-0.39, 0.29) is 29.0 Å². The first-order chi connectivity index (χ1) is 15.0. The van der Waals surface area contributed by atoms with Crippen molar-refractivity contribution in [2.24, 2.45) is 17.3 Å². The highest BCUT2D eigenvalue weighted by Gasteiger charge is 2.79.